The van der Waals surface area contributed by atoms with Crippen LogP contribution in [0.5, 0.6) is 5.75 Å². The summed E-state index contributed by atoms with van der Waals surface area (Å²) in [6.45, 7) is 1.78. The Balaban J connectivity index is 2.40. The maximum Gasteiger partial charge on any atom is 0.416 e. The Bertz CT molecular complexity index is 692. The van der Waals surface area contributed by atoms with Crippen molar-refractivity contribution in [1.29, 1.82) is 0 Å². The molecule has 1 aromatic heterocycles. The number of alkyl halides is 3. The second-order valence-electron chi connectivity index (χ2n) is 4.65. The summed E-state index contributed by atoms with van der Waals surface area (Å²) in [5, 5.41) is 1.55. The van der Waals surface area contributed by atoms with E-state index in [0.717, 1.165) is 12.1 Å². The molecule has 0 atom stereocenters. The van der Waals surface area contributed by atoms with Crippen LogP contribution in [0.15, 0.2) is 29.6 Å². The smallest absolute Gasteiger partial charge is 0.416 e. The summed E-state index contributed by atoms with van der Waals surface area (Å²) in [6.07, 6.45) is -4.40. The number of halogens is 3. The van der Waals surface area contributed by atoms with Crippen molar-refractivity contribution in [2.24, 2.45) is 0 Å². The summed E-state index contributed by atoms with van der Waals surface area (Å²) < 4.78 is 53.2. The zero-order valence-corrected chi connectivity index (χ0v) is 13.8. The molecule has 0 radical (unpaired) electrons. The third kappa shape index (κ3) is 4.07. The molecule has 8 heteroatoms. The Morgan fingerprint density at radius 1 is 1.21 bits per heavy atom. The van der Waals surface area contributed by atoms with Gasteiger partial charge in [-0.15, -0.1) is 11.3 Å². The fourth-order valence-electron chi connectivity index (χ4n) is 1.97. The fourth-order valence-corrected chi connectivity index (χ4v) is 2.95. The van der Waals surface area contributed by atoms with Crippen molar-refractivity contribution in [2.75, 3.05) is 20.5 Å². The molecule has 2 rings (SSSR count). The van der Waals surface area contributed by atoms with Crippen molar-refractivity contribution >= 4 is 17.3 Å². The van der Waals surface area contributed by atoms with Crippen LogP contribution in [0.25, 0.3) is 10.4 Å². The van der Waals surface area contributed by atoms with E-state index in [4.69, 9.17) is 14.2 Å². The summed E-state index contributed by atoms with van der Waals surface area (Å²) in [4.78, 5) is 12.5. The van der Waals surface area contributed by atoms with E-state index < -0.39 is 17.7 Å². The van der Waals surface area contributed by atoms with E-state index in [9.17, 15) is 18.0 Å². The molecule has 0 saturated carbocycles. The van der Waals surface area contributed by atoms with E-state index in [0.29, 0.717) is 10.4 Å². The summed E-state index contributed by atoms with van der Waals surface area (Å²) in [6, 6.07) is 4.64. The molecule has 0 spiro atoms. The summed E-state index contributed by atoms with van der Waals surface area (Å²) in [5.41, 5.74) is -0.0174. The van der Waals surface area contributed by atoms with Crippen LogP contribution in [0.3, 0.4) is 0 Å². The molecule has 1 aromatic carbocycles. The molecular formula is C16H15F3O4S. The minimum absolute atomic E-state index is 0.100. The topological polar surface area (TPSA) is 44.8 Å². The Morgan fingerprint density at radius 3 is 2.42 bits per heavy atom. The third-order valence-electron chi connectivity index (χ3n) is 3.04. The van der Waals surface area contributed by atoms with Crippen molar-refractivity contribution in [1.82, 2.24) is 0 Å². The van der Waals surface area contributed by atoms with Crippen molar-refractivity contribution in [2.45, 2.75) is 13.1 Å². The van der Waals surface area contributed by atoms with Crippen LogP contribution in [-0.2, 0) is 15.7 Å². The first kappa shape index (κ1) is 18.3. The van der Waals surface area contributed by atoms with Gasteiger partial charge < -0.3 is 14.2 Å². The van der Waals surface area contributed by atoms with Gasteiger partial charge in [-0.2, -0.15) is 13.2 Å². The number of carbonyl (C=O) groups is 1. The average molecular weight is 360 g/mol. The predicted octanol–water partition coefficient (Wildman–Crippen LogP) is 4.59. The van der Waals surface area contributed by atoms with Crippen molar-refractivity contribution in [3.63, 3.8) is 0 Å². The molecule has 0 aliphatic carbocycles. The third-order valence-corrected chi connectivity index (χ3v) is 4.05. The molecular weight excluding hydrogens is 345 g/mol. The van der Waals surface area contributed by atoms with Crippen LogP contribution in [0, 0.1) is 0 Å². The lowest BCUT2D eigenvalue weighted by molar-refractivity contribution is -0.137. The molecule has 0 bridgehead atoms. The van der Waals surface area contributed by atoms with Gasteiger partial charge in [0.25, 0.3) is 0 Å². The maximum atomic E-state index is 12.7. The first-order chi connectivity index (χ1) is 11.4. The van der Waals surface area contributed by atoms with E-state index in [-0.39, 0.29) is 24.7 Å². The number of benzene rings is 1. The van der Waals surface area contributed by atoms with Gasteiger partial charge >= 0.3 is 12.1 Å². The van der Waals surface area contributed by atoms with Crippen LogP contribution in [0.2, 0.25) is 0 Å². The van der Waals surface area contributed by atoms with Crippen molar-refractivity contribution < 1.29 is 32.2 Å². The molecule has 0 N–H and O–H groups in total. The number of carbonyl (C=O) groups excluding carboxylic acids is 1. The molecule has 130 valence electrons. The van der Waals surface area contributed by atoms with Gasteiger partial charge in [0.2, 0.25) is 0 Å². The lowest BCUT2D eigenvalue weighted by Gasteiger charge is -2.10. The molecule has 4 nitrogen and oxygen atoms in total. The van der Waals surface area contributed by atoms with Gasteiger partial charge in [-0.25, -0.2) is 4.79 Å². The standard InChI is InChI=1S/C16H15F3O4S/c1-3-22-15(20)12-8-24-14(13(12)23-9-21-2)10-4-6-11(7-5-10)16(17,18)19/h4-8H,3,9H2,1-2H3. The number of methoxy groups -OCH3 is 1. The molecule has 2 aromatic rings. The number of hydrogen-bond acceptors (Lipinski definition) is 5. The highest BCUT2D eigenvalue weighted by atomic mass is 32.1. The number of rotatable bonds is 6. The number of esters is 1. The van der Waals surface area contributed by atoms with E-state index >= 15 is 0 Å². The lowest BCUT2D eigenvalue weighted by Crippen LogP contribution is -2.08. The van der Waals surface area contributed by atoms with E-state index in [1.807, 2.05) is 0 Å². The van der Waals surface area contributed by atoms with Gasteiger partial charge in [-0.3, -0.25) is 0 Å². The highest BCUT2D eigenvalue weighted by Crippen LogP contribution is 2.41. The van der Waals surface area contributed by atoms with Crippen LogP contribution < -0.4 is 4.74 Å². The Kier molecular flexibility index (Phi) is 5.84. The second kappa shape index (κ2) is 7.67. The van der Waals surface area contributed by atoms with Crippen LogP contribution in [0.1, 0.15) is 22.8 Å². The first-order valence-corrected chi connectivity index (χ1v) is 7.84. The molecule has 1 heterocycles. The normalized spacial score (nSPS) is 11.4. The number of thiophene rings is 1. The van der Waals surface area contributed by atoms with E-state index in [1.54, 1.807) is 12.3 Å². The van der Waals surface area contributed by atoms with E-state index in [2.05, 4.69) is 0 Å². The Morgan fingerprint density at radius 2 is 1.88 bits per heavy atom. The zero-order chi connectivity index (χ0) is 17.7. The first-order valence-electron chi connectivity index (χ1n) is 6.96. The van der Waals surface area contributed by atoms with Gasteiger partial charge in [0.05, 0.1) is 17.0 Å². The number of hydrogen-bond donors (Lipinski definition) is 0. The largest absolute Gasteiger partial charge is 0.465 e. The van der Waals surface area contributed by atoms with Crippen LogP contribution >= 0.6 is 11.3 Å². The lowest BCUT2D eigenvalue weighted by atomic mass is 10.1. The van der Waals surface area contributed by atoms with Crippen LogP contribution in [0.4, 0.5) is 13.2 Å². The highest BCUT2D eigenvalue weighted by Gasteiger charge is 2.30. The SMILES string of the molecule is CCOC(=O)c1csc(-c2ccc(C(F)(F)F)cc2)c1OCOC. The monoisotopic (exact) mass is 360 g/mol. The van der Waals surface area contributed by atoms with Gasteiger partial charge in [0.15, 0.2) is 12.5 Å². The summed E-state index contributed by atoms with van der Waals surface area (Å²) >= 11 is 1.18. The second-order valence-corrected chi connectivity index (χ2v) is 5.53. The quantitative estimate of drug-likeness (QED) is 0.558. The van der Waals surface area contributed by atoms with Gasteiger partial charge in [0, 0.05) is 12.5 Å². The average Bonchev–Trinajstić information content (AvgIpc) is 2.96. The van der Waals surface area contributed by atoms with Gasteiger partial charge in [-0.05, 0) is 24.6 Å². The highest BCUT2D eigenvalue weighted by molar-refractivity contribution is 7.14. The Labute approximate surface area is 140 Å². The minimum Gasteiger partial charge on any atom is -0.465 e. The fraction of sp³-hybridized carbons (Fsp3) is 0.312. The zero-order valence-electron chi connectivity index (χ0n) is 13.0. The summed E-state index contributed by atoms with van der Waals surface area (Å²) in [7, 11) is 1.42. The Hall–Kier alpha value is -2.06. The van der Waals surface area contributed by atoms with Crippen molar-refractivity contribution in [3.05, 3.63) is 40.8 Å². The van der Waals surface area contributed by atoms with Gasteiger partial charge in [0.1, 0.15) is 5.56 Å². The molecule has 0 fully saturated rings. The number of ether oxygens (including phenoxy) is 3. The molecule has 0 saturated heterocycles. The van der Waals surface area contributed by atoms with Gasteiger partial charge in [-0.1, -0.05) is 12.1 Å². The molecule has 0 unspecified atom stereocenters. The summed E-state index contributed by atoms with van der Waals surface area (Å²) in [5.74, 6) is -0.321. The minimum atomic E-state index is -4.40. The van der Waals surface area contributed by atoms with Crippen LogP contribution in [-0.4, -0.2) is 26.5 Å². The molecule has 0 aliphatic heterocycles. The molecule has 24 heavy (non-hydrogen) atoms. The van der Waals surface area contributed by atoms with E-state index in [1.165, 1.54) is 30.6 Å². The molecule has 0 aliphatic rings. The predicted molar refractivity (Wildman–Crippen MR) is 83.2 cm³/mol. The van der Waals surface area contributed by atoms with Crippen molar-refractivity contribution in [3.8, 4) is 16.2 Å². The molecule has 0 amide bonds. The maximum absolute atomic E-state index is 12.7.